The largest absolute Gasteiger partial charge is 0.396 e. The Bertz CT molecular complexity index is 138. The van der Waals surface area contributed by atoms with Crippen molar-refractivity contribution < 1.29 is 5.11 Å². The first-order valence-electron chi connectivity index (χ1n) is 5.34. The van der Waals surface area contributed by atoms with Gasteiger partial charge in [-0.1, -0.05) is 33.6 Å². The first kappa shape index (κ1) is 10.0. The molecule has 1 nitrogen and oxygen atoms in total. The fraction of sp³-hybridized carbons (Fsp3) is 1.00. The molecule has 12 heavy (non-hydrogen) atoms. The van der Waals surface area contributed by atoms with Gasteiger partial charge in [-0.05, 0) is 30.1 Å². The van der Waals surface area contributed by atoms with Gasteiger partial charge >= 0.3 is 0 Å². The van der Waals surface area contributed by atoms with E-state index in [2.05, 4.69) is 20.8 Å². The zero-order chi connectivity index (χ0) is 9.19. The van der Waals surface area contributed by atoms with Crippen molar-refractivity contribution in [3.63, 3.8) is 0 Å². The lowest BCUT2D eigenvalue weighted by molar-refractivity contribution is -0.0883. The van der Waals surface area contributed by atoms with Crippen LogP contribution >= 0.6 is 0 Å². The zero-order valence-corrected chi connectivity index (χ0v) is 8.64. The Labute approximate surface area is 76.2 Å². The summed E-state index contributed by atoms with van der Waals surface area (Å²) in [7, 11) is 0. The third-order valence-corrected chi connectivity index (χ3v) is 4.01. The maximum Gasteiger partial charge on any atom is 0.0490 e. The standard InChI is InChI=1S/C11H22O/c1-4-9-7-11(6-3,8-12)10(9)5-2/h9-10,12H,4-8H2,1-3H3. The molecule has 1 rings (SSSR count). The van der Waals surface area contributed by atoms with Crippen LogP contribution in [-0.4, -0.2) is 11.7 Å². The molecule has 0 amide bonds. The quantitative estimate of drug-likeness (QED) is 0.688. The molecule has 0 radical (unpaired) electrons. The molecule has 1 aliphatic rings. The van der Waals surface area contributed by atoms with Gasteiger partial charge in [0, 0.05) is 6.61 Å². The number of aliphatic hydroxyl groups excluding tert-OH is 1. The van der Waals surface area contributed by atoms with Crippen molar-refractivity contribution in [3.8, 4) is 0 Å². The zero-order valence-electron chi connectivity index (χ0n) is 8.64. The van der Waals surface area contributed by atoms with Crippen LogP contribution in [0.1, 0.15) is 46.5 Å². The summed E-state index contributed by atoms with van der Waals surface area (Å²) in [6.45, 7) is 7.14. The van der Waals surface area contributed by atoms with Gasteiger partial charge in [0.05, 0.1) is 0 Å². The Morgan fingerprint density at radius 3 is 2.25 bits per heavy atom. The molecule has 1 saturated carbocycles. The van der Waals surface area contributed by atoms with Crippen LogP contribution in [0.5, 0.6) is 0 Å². The van der Waals surface area contributed by atoms with Crippen LogP contribution in [0.25, 0.3) is 0 Å². The van der Waals surface area contributed by atoms with Crippen molar-refractivity contribution in [3.05, 3.63) is 0 Å². The molecule has 0 aliphatic heterocycles. The molecule has 72 valence electrons. The molecule has 0 bridgehead atoms. The van der Waals surface area contributed by atoms with E-state index in [0.717, 1.165) is 18.3 Å². The Morgan fingerprint density at radius 1 is 1.25 bits per heavy atom. The van der Waals surface area contributed by atoms with E-state index >= 15 is 0 Å². The first-order valence-corrected chi connectivity index (χ1v) is 5.34. The van der Waals surface area contributed by atoms with Crippen molar-refractivity contribution >= 4 is 0 Å². The molecule has 0 aromatic heterocycles. The van der Waals surface area contributed by atoms with Crippen molar-refractivity contribution in [1.82, 2.24) is 0 Å². The van der Waals surface area contributed by atoms with Crippen LogP contribution in [0, 0.1) is 17.3 Å². The lowest BCUT2D eigenvalue weighted by Crippen LogP contribution is -2.49. The number of aliphatic hydroxyl groups is 1. The summed E-state index contributed by atoms with van der Waals surface area (Å²) >= 11 is 0. The molecule has 0 aromatic carbocycles. The molecule has 0 saturated heterocycles. The maximum atomic E-state index is 9.35. The third kappa shape index (κ3) is 1.28. The molecule has 0 aromatic rings. The van der Waals surface area contributed by atoms with Gasteiger partial charge in [-0.2, -0.15) is 0 Å². The molecule has 3 atom stereocenters. The fourth-order valence-electron chi connectivity index (χ4n) is 3.05. The smallest absolute Gasteiger partial charge is 0.0490 e. The highest BCUT2D eigenvalue weighted by Crippen LogP contribution is 2.55. The fourth-order valence-corrected chi connectivity index (χ4v) is 3.05. The summed E-state index contributed by atoms with van der Waals surface area (Å²) < 4.78 is 0. The summed E-state index contributed by atoms with van der Waals surface area (Å²) in [5.41, 5.74) is 0.301. The minimum atomic E-state index is 0.301. The molecule has 0 spiro atoms. The predicted octanol–water partition coefficient (Wildman–Crippen LogP) is 2.83. The molecule has 1 N–H and O–H groups in total. The molecule has 0 heterocycles. The minimum Gasteiger partial charge on any atom is -0.396 e. The van der Waals surface area contributed by atoms with E-state index in [4.69, 9.17) is 0 Å². The summed E-state index contributed by atoms with van der Waals surface area (Å²) in [5.74, 6) is 1.68. The topological polar surface area (TPSA) is 20.2 Å². The van der Waals surface area contributed by atoms with E-state index in [1.165, 1.54) is 19.3 Å². The van der Waals surface area contributed by atoms with Crippen molar-refractivity contribution in [2.75, 3.05) is 6.61 Å². The van der Waals surface area contributed by atoms with Gasteiger partial charge in [0.1, 0.15) is 0 Å². The Kier molecular flexibility index (Phi) is 3.16. The van der Waals surface area contributed by atoms with Gasteiger partial charge in [-0.25, -0.2) is 0 Å². The van der Waals surface area contributed by atoms with E-state index in [1.807, 2.05) is 0 Å². The van der Waals surface area contributed by atoms with Gasteiger partial charge in [-0.3, -0.25) is 0 Å². The highest BCUT2D eigenvalue weighted by atomic mass is 16.3. The normalized spacial score (nSPS) is 41.0. The van der Waals surface area contributed by atoms with Crippen molar-refractivity contribution in [1.29, 1.82) is 0 Å². The van der Waals surface area contributed by atoms with E-state index in [9.17, 15) is 5.11 Å². The van der Waals surface area contributed by atoms with Gasteiger partial charge in [0.15, 0.2) is 0 Å². The first-order chi connectivity index (χ1) is 5.74. The molecular formula is C11H22O. The van der Waals surface area contributed by atoms with E-state index in [1.54, 1.807) is 0 Å². The summed E-state index contributed by atoms with van der Waals surface area (Å²) in [6.07, 6.45) is 4.95. The van der Waals surface area contributed by atoms with Gasteiger partial charge in [0.2, 0.25) is 0 Å². The number of hydrogen-bond acceptors (Lipinski definition) is 1. The van der Waals surface area contributed by atoms with E-state index in [0.29, 0.717) is 12.0 Å². The van der Waals surface area contributed by atoms with Gasteiger partial charge in [0.25, 0.3) is 0 Å². The highest BCUT2D eigenvalue weighted by Gasteiger charge is 2.49. The average molecular weight is 170 g/mol. The highest BCUT2D eigenvalue weighted by molar-refractivity contribution is 4.98. The van der Waals surface area contributed by atoms with Crippen LogP contribution in [-0.2, 0) is 0 Å². The molecule has 3 unspecified atom stereocenters. The van der Waals surface area contributed by atoms with Crippen LogP contribution in [0.4, 0.5) is 0 Å². The Balaban J connectivity index is 2.58. The van der Waals surface area contributed by atoms with Crippen molar-refractivity contribution in [2.45, 2.75) is 46.5 Å². The minimum absolute atomic E-state index is 0.301. The summed E-state index contributed by atoms with van der Waals surface area (Å²) in [6, 6.07) is 0. The molecule has 1 heteroatoms. The molecule has 1 fully saturated rings. The SMILES string of the molecule is CCC1CC(CC)(CO)C1CC. The van der Waals surface area contributed by atoms with Crippen molar-refractivity contribution in [2.24, 2.45) is 17.3 Å². The Hall–Kier alpha value is -0.0400. The summed E-state index contributed by atoms with van der Waals surface area (Å²) in [4.78, 5) is 0. The lowest BCUT2D eigenvalue weighted by Gasteiger charge is -2.54. The van der Waals surface area contributed by atoms with Gasteiger partial charge in [-0.15, -0.1) is 0 Å². The van der Waals surface area contributed by atoms with Gasteiger partial charge < -0.3 is 5.11 Å². The van der Waals surface area contributed by atoms with E-state index in [-0.39, 0.29) is 0 Å². The molecule has 1 aliphatic carbocycles. The predicted molar refractivity (Wildman–Crippen MR) is 52.0 cm³/mol. The van der Waals surface area contributed by atoms with Crippen LogP contribution in [0.15, 0.2) is 0 Å². The number of hydrogen-bond donors (Lipinski definition) is 1. The van der Waals surface area contributed by atoms with Crippen LogP contribution in [0.3, 0.4) is 0 Å². The monoisotopic (exact) mass is 170 g/mol. The maximum absolute atomic E-state index is 9.35. The molecular weight excluding hydrogens is 148 g/mol. The second kappa shape index (κ2) is 3.78. The Morgan fingerprint density at radius 2 is 1.92 bits per heavy atom. The number of rotatable bonds is 4. The second-order valence-electron chi connectivity index (χ2n) is 4.26. The average Bonchev–Trinajstić information content (AvgIpc) is 2.07. The van der Waals surface area contributed by atoms with Crippen LogP contribution < -0.4 is 0 Å². The third-order valence-electron chi connectivity index (χ3n) is 4.01. The summed E-state index contributed by atoms with van der Waals surface area (Å²) in [5, 5.41) is 9.35. The second-order valence-corrected chi connectivity index (χ2v) is 4.26. The van der Waals surface area contributed by atoms with Crippen LogP contribution in [0.2, 0.25) is 0 Å². The van der Waals surface area contributed by atoms with E-state index < -0.39 is 0 Å². The lowest BCUT2D eigenvalue weighted by atomic mass is 9.51.